The normalized spacial score (nSPS) is 18.9. The molecule has 1 aromatic rings. The van der Waals surface area contributed by atoms with Gasteiger partial charge in [0.25, 0.3) is 0 Å². The van der Waals surface area contributed by atoms with Crippen LogP contribution < -0.4 is 10.1 Å². The number of hydrogen-bond donors (Lipinski definition) is 1. The summed E-state index contributed by atoms with van der Waals surface area (Å²) in [5.41, 5.74) is 1.66. The summed E-state index contributed by atoms with van der Waals surface area (Å²) >= 11 is 0. The summed E-state index contributed by atoms with van der Waals surface area (Å²) in [7, 11) is 0. The third-order valence-electron chi connectivity index (χ3n) is 3.91. The molecule has 1 aromatic carbocycles. The molecule has 0 amide bonds. The van der Waals surface area contributed by atoms with Crippen molar-refractivity contribution in [2.75, 3.05) is 25.0 Å². The summed E-state index contributed by atoms with van der Waals surface area (Å²) in [4.78, 5) is 14.7. The minimum atomic E-state index is -0.0912. The molecule has 110 valence electrons. The van der Waals surface area contributed by atoms with Gasteiger partial charge in [0.2, 0.25) is 0 Å². The van der Waals surface area contributed by atoms with E-state index in [-0.39, 0.29) is 17.9 Å². The van der Waals surface area contributed by atoms with Crippen LogP contribution in [-0.2, 0) is 0 Å². The van der Waals surface area contributed by atoms with E-state index in [9.17, 15) is 4.79 Å². The Morgan fingerprint density at radius 3 is 2.80 bits per heavy atom. The van der Waals surface area contributed by atoms with Crippen molar-refractivity contribution in [3.8, 4) is 5.75 Å². The maximum atomic E-state index is 12.5. The number of carbonyl (C=O) groups is 1. The maximum Gasteiger partial charge on any atom is 0.179 e. The van der Waals surface area contributed by atoms with Crippen molar-refractivity contribution in [1.82, 2.24) is 4.90 Å². The lowest BCUT2D eigenvalue weighted by Crippen LogP contribution is -2.38. The number of ketones is 1. The van der Waals surface area contributed by atoms with Crippen LogP contribution in [0.25, 0.3) is 0 Å². The zero-order valence-corrected chi connectivity index (χ0v) is 12.8. The second kappa shape index (κ2) is 6.27. The van der Waals surface area contributed by atoms with E-state index in [1.165, 1.54) is 0 Å². The van der Waals surface area contributed by atoms with E-state index in [1.54, 1.807) is 0 Å². The molecular weight excluding hydrogens is 252 g/mol. The van der Waals surface area contributed by atoms with Gasteiger partial charge < -0.3 is 10.1 Å². The van der Waals surface area contributed by atoms with Crippen LogP contribution >= 0.6 is 0 Å². The lowest BCUT2D eigenvalue weighted by molar-refractivity contribution is 0.0851. The molecule has 0 saturated carbocycles. The first-order valence-electron chi connectivity index (χ1n) is 7.39. The van der Waals surface area contributed by atoms with Crippen LogP contribution in [0, 0.1) is 0 Å². The number of carbonyl (C=O) groups excluding carboxylic acids is 1. The smallest absolute Gasteiger partial charge is 0.179 e. The van der Waals surface area contributed by atoms with Crippen molar-refractivity contribution in [2.45, 2.75) is 39.8 Å². The van der Waals surface area contributed by atoms with Gasteiger partial charge >= 0.3 is 0 Å². The Morgan fingerprint density at radius 2 is 2.15 bits per heavy atom. The van der Waals surface area contributed by atoms with E-state index in [2.05, 4.69) is 24.1 Å². The van der Waals surface area contributed by atoms with Crippen LogP contribution in [0.15, 0.2) is 18.2 Å². The first-order valence-corrected chi connectivity index (χ1v) is 7.39. The maximum absolute atomic E-state index is 12.5. The zero-order valence-electron chi connectivity index (χ0n) is 12.8. The van der Waals surface area contributed by atoms with Gasteiger partial charge in [0.1, 0.15) is 11.9 Å². The number of likely N-dealkylation sites (N-methyl/N-ethyl adjacent to an activating group) is 1. The van der Waals surface area contributed by atoms with Gasteiger partial charge in [-0.25, -0.2) is 0 Å². The van der Waals surface area contributed by atoms with Gasteiger partial charge in [-0.2, -0.15) is 0 Å². The fraction of sp³-hybridized carbons (Fsp3) is 0.562. The molecule has 0 saturated heterocycles. The van der Waals surface area contributed by atoms with Gasteiger partial charge in [-0.1, -0.05) is 13.8 Å². The number of Topliss-reactive ketones (excluding diaryl/α,β-unsaturated/α-hetero) is 1. The summed E-state index contributed by atoms with van der Waals surface area (Å²) in [6.07, 6.45) is 0.165. The summed E-state index contributed by atoms with van der Waals surface area (Å²) < 4.78 is 5.73. The molecule has 0 radical (unpaired) electrons. The Bertz CT molecular complexity index is 483. The van der Waals surface area contributed by atoms with Crippen molar-refractivity contribution in [1.29, 1.82) is 0 Å². The summed E-state index contributed by atoms with van der Waals surface area (Å²) in [5.74, 6) is 0.993. The molecule has 2 rings (SSSR count). The second-order valence-electron chi connectivity index (χ2n) is 5.28. The van der Waals surface area contributed by atoms with Crippen LogP contribution in [0.3, 0.4) is 0 Å². The van der Waals surface area contributed by atoms with Gasteiger partial charge in [0.05, 0.1) is 18.3 Å². The van der Waals surface area contributed by atoms with Crippen LogP contribution in [0.1, 0.15) is 38.1 Å². The molecule has 0 bridgehead atoms. The van der Waals surface area contributed by atoms with Crippen LogP contribution in [0.2, 0.25) is 0 Å². The lowest BCUT2D eigenvalue weighted by Gasteiger charge is -2.27. The monoisotopic (exact) mass is 276 g/mol. The predicted molar refractivity (Wildman–Crippen MR) is 81.7 cm³/mol. The average Bonchev–Trinajstić information content (AvgIpc) is 2.47. The van der Waals surface area contributed by atoms with Crippen molar-refractivity contribution in [2.24, 2.45) is 0 Å². The Balaban J connectivity index is 2.19. The second-order valence-corrected chi connectivity index (χ2v) is 5.28. The number of fused-ring (bicyclic) bond motifs is 1. The van der Waals surface area contributed by atoms with E-state index in [0.29, 0.717) is 0 Å². The molecule has 1 aliphatic rings. The number of anilines is 1. The van der Waals surface area contributed by atoms with Gasteiger partial charge in [-0.15, -0.1) is 0 Å². The quantitative estimate of drug-likeness (QED) is 0.840. The highest BCUT2D eigenvalue weighted by Gasteiger charge is 2.22. The standard InChI is InChI=1S/C16H24N2O2/c1-5-18(6-2)12(4)16(19)13-7-8-15-14(9-13)17-10-11(3)20-15/h7-9,11-12,17H,5-6,10H2,1-4H3. The number of nitrogens with one attached hydrogen (secondary N) is 1. The average molecular weight is 276 g/mol. The van der Waals surface area contributed by atoms with Crippen molar-refractivity contribution >= 4 is 11.5 Å². The highest BCUT2D eigenvalue weighted by Crippen LogP contribution is 2.30. The van der Waals surface area contributed by atoms with E-state index in [1.807, 2.05) is 32.0 Å². The molecule has 4 heteroatoms. The topological polar surface area (TPSA) is 41.6 Å². The molecule has 1 aliphatic heterocycles. The van der Waals surface area contributed by atoms with Crippen LogP contribution in [0.5, 0.6) is 5.75 Å². The molecule has 1 heterocycles. The molecule has 20 heavy (non-hydrogen) atoms. The number of ether oxygens (including phenoxy) is 1. The molecule has 2 unspecified atom stereocenters. The number of hydrogen-bond acceptors (Lipinski definition) is 4. The van der Waals surface area contributed by atoms with Gasteiger partial charge in [0, 0.05) is 5.56 Å². The molecule has 0 aliphatic carbocycles. The minimum absolute atomic E-state index is 0.0912. The van der Waals surface area contributed by atoms with Crippen molar-refractivity contribution in [3.63, 3.8) is 0 Å². The molecule has 2 atom stereocenters. The molecule has 1 N–H and O–H groups in total. The van der Waals surface area contributed by atoms with E-state index < -0.39 is 0 Å². The minimum Gasteiger partial charge on any atom is -0.487 e. The third kappa shape index (κ3) is 2.96. The molecule has 0 spiro atoms. The summed E-state index contributed by atoms with van der Waals surface area (Å²) in [6.45, 7) is 10.7. The fourth-order valence-corrected chi connectivity index (χ4v) is 2.61. The molecule has 0 aromatic heterocycles. The lowest BCUT2D eigenvalue weighted by atomic mass is 10.0. The van der Waals surface area contributed by atoms with Gasteiger partial charge in [0.15, 0.2) is 5.78 Å². The van der Waals surface area contributed by atoms with E-state index in [4.69, 9.17) is 4.74 Å². The molecule has 0 fully saturated rings. The number of benzene rings is 1. The SMILES string of the molecule is CCN(CC)C(C)C(=O)c1ccc2c(c1)NCC(C)O2. The largest absolute Gasteiger partial charge is 0.487 e. The van der Waals surface area contributed by atoms with Crippen molar-refractivity contribution < 1.29 is 9.53 Å². The van der Waals surface area contributed by atoms with Gasteiger partial charge in [-0.05, 0) is 45.1 Å². The Labute approximate surface area is 121 Å². The van der Waals surface area contributed by atoms with Crippen LogP contribution in [-0.4, -0.2) is 42.5 Å². The van der Waals surface area contributed by atoms with E-state index >= 15 is 0 Å². The zero-order chi connectivity index (χ0) is 14.7. The Morgan fingerprint density at radius 1 is 1.45 bits per heavy atom. The predicted octanol–water partition coefficient (Wildman–Crippen LogP) is 2.79. The first-order chi connectivity index (χ1) is 9.56. The van der Waals surface area contributed by atoms with Crippen LogP contribution in [0.4, 0.5) is 5.69 Å². The molecule has 4 nitrogen and oxygen atoms in total. The fourth-order valence-electron chi connectivity index (χ4n) is 2.61. The van der Waals surface area contributed by atoms with Crippen molar-refractivity contribution in [3.05, 3.63) is 23.8 Å². The first kappa shape index (κ1) is 14.9. The highest BCUT2D eigenvalue weighted by atomic mass is 16.5. The third-order valence-corrected chi connectivity index (χ3v) is 3.91. The van der Waals surface area contributed by atoms with E-state index in [0.717, 1.165) is 36.6 Å². The number of rotatable bonds is 5. The van der Waals surface area contributed by atoms with Gasteiger partial charge in [-0.3, -0.25) is 9.69 Å². The number of nitrogens with zero attached hydrogens (tertiary/aromatic N) is 1. The highest BCUT2D eigenvalue weighted by molar-refractivity contribution is 6.01. The molecular formula is C16H24N2O2. The summed E-state index contributed by atoms with van der Waals surface area (Å²) in [5, 5.41) is 3.31. The summed E-state index contributed by atoms with van der Waals surface area (Å²) in [6, 6.07) is 5.57. The Hall–Kier alpha value is -1.55. The Kier molecular flexibility index (Phi) is 4.65.